The van der Waals surface area contributed by atoms with Crippen molar-refractivity contribution in [2.24, 2.45) is 0 Å². The molecule has 1 unspecified atom stereocenters. The number of hydrogen-bond donors (Lipinski definition) is 0. The van der Waals surface area contributed by atoms with Crippen molar-refractivity contribution in [2.75, 3.05) is 6.61 Å². The summed E-state index contributed by atoms with van der Waals surface area (Å²) in [6.45, 7) is 4.44. The normalized spacial score (nSPS) is 30.6. The van der Waals surface area contributed by atoms with E-state index in [0.29, 0.717) is 6.61 Å². The average molecular weight is 337 g/mol. The number of rotatable bonds is 5. The van der Waals surface area contributed by atoms with E-state index >= 15 is 0 Å². The summed E-state index contributed by atoms with van der Waals surface area (Å²) in [5.74, 6) is 0. The van der Waals surface area contributed by atoms with E-state index in [1.807, 2.05) is 6.92 Å². The van der Waals surface area contributed by atoms with Crippen LogP contribution in [0.15, 0.2) is 9.80 Å². The van der Waals surface area contributed by atoms with Gasteiger partial charge in [-0.1, -0.05) is 42.1 Å². The van der Waals surface area contributed by atoms with Gasteiger partial charge < -0.3 is 4.52 Å². The van der Waals surface area contributed by atoms with Crippen molar-refractivity contribution in [3.63, 3.8) is 0 Å². The van der Waals surface area contributed by atoms with Crippen molar-refractivity contribution in [3.8, 4) is 0 Å². The molecule has 1 atom stereocenters. The molecule has 1 saturated carbocycles. The summed E-state index contributed by atoms with van der Waals surface area (Å²) in [4.78, 5) is 0. The second kappa shape index (κ2) is 5.78. The van der Waals surface area contributed by atoms with E-state index in [9.17, 15) is 4.57 Å². The molecule has 0 aromatic rings. The summed E-state index contributed by atoms with van der Waals surface area (Å²) >= 11 is 3.67. The van der Waals surface area contributed by atoms with E-state index in [1.165, 1.54) is 0 Å². The Morgan fingerprint density at radius 2 is 2.06 bits per heavy atom. The number of hydrogen-bond acceptors (Lipinski definition) is 3. The lowest BCUT2D eigenvalue weighted by Crippen LogP contribution is -2.24. The van der Waals surface area contributed by atoms with Crippen molar-refractivity contribution < 1.29 is 13.6 Å². The smallest absolute Gasteiger partial charge is 0.306 e. The molecule has 1 aliphatic heterocycles. The third-order valence-electron chi connectivity index (χ3n) is 3.76. The molecule has 3 nitrogen and oxygen atoms in total. The summed E-state index contributed by atoms with van der Waals surface area (Å²) in [5, 5.41) is 0.896. The van der Waals surface area contributed by atoms with Gasteiger partial charge in [0, 0.05) is 4.48 Å². The Labute approximate surface area is 118 Å². The molecule has 0 radical (unpaired) electrons. The van der Waals surface area contributed by atoms with Gasteiger partial charge in [0.05, 0.1) is 11.9 Å². The molecule has 0 amide bonds. The Bertz CT molecular complexity index is 386. The summed E-state index contributed by atoms with van der Waals surface area (Å²) in [6.07, 6.45) is 7.13. The van der Waals surface area contributed by atoms with Gasteiger partial charge in [0.1, 0.15) is 5.60 Å². The average Bonchev–Trinajstić information content (AvgIpc) is 2.85. The monoisotopic (exact) mass is 336 g/mol. The van der Waals surface area contributed by atoms with Crippen molar-refractivity contribution in [3.05, 3.63) is 9.80 Å². The van der Waals surface area contributed by atoms with Gasteiger partial charge >= 0.3 is 7.60 Å². The fourth-order valence-electron chi connectivity index (χ4n) is 2.83. The molecular formula is C13H22BrO3P. The first kappa shape index (κ1) is 14.8. The van der Waals surface area contributed by atoms with Gasteiger partial charge in [-0.05, 0) is 32.6 Å². The minimum Gasteiger partial charge on any atom is -0.306 e. The van der Waals surface area contributed by atoms with E-state index < -0.39 is 7.60 Å². The van der Waals surface area contributed by atoms with Gasteiger partial charge in [0.15, 0.2) is 0 Å². The second-order valence-corrected chi connectivity index (χ2v) is 7.84. The first-order valence-electron chi connectivity index (χ1n) is 6.93. The van der Waals surface area contributed by atoms with Crippen molar-refractivity contribution >= 4 is 23.5 Å². The lowest BCUT2D eigenvalue weighted by molar-refractivity contribution is 0.108. The summed E-state index contributed by atoms with van der Waals surface area (Å²) in [5.41, 5.74) is -0.340. The Morgan fingerprint density at radius 1 is 1.39 bits per heavy atom. The van der Waals surface area contributed by atoms with E-state index in [1.54, 1.807) is 0 Å². The highest BCUT2D eigenvalue weighted by Crippen LogP contribution is 2.71. The van der Waals surface area contributed by atoms with Crippen LogP contribution in [-0.4, -0.2) is 12.2 Å². The fraction of sp³-hybridized carbons (Fsp3) is 0.846. The summed E-state index contributed by atoms with van der Waals surface area (Å²) < 4.78 is 25.4. The third kappa shape index (κ3) is 2.49. The maximum atomic E-state index is 12.9. The summed E-state index contributed by atoms with van der Waals surface area (Å²) in [7, 11) is -3.05. The van der Waals surface area contributed by atoms with Crippen LogP contribution in [0.4, 0.5) is 0 Å². The molecule has 1 heterocycles. The molecule has 0 saturated heterocycles. The van der Waals surface area contributed by atoms with Gasteiger partial charge in [-0.2, -0.15) is 0 Å². The maximum Gasteiger partial charge on any atom is 0.359 e. The maximum absolute atomic E-state index is 12.9. The number of halogens is 1. The molecule has 1 aliphatic carbocycles. The molecule has 0 N–H and O–H groups in total. The summed E-state index contributed by atoms with van der Waals surface area (Å²) in [6, 6.07) is 0. The second-order valence-electron chi connectivity index (χ2n) is 5.07. The van der Waals surface area contributed by atoms with Crippen LogP contribution < -0.4 is 0 Å². The molecule has 2 aliphatic rings. The SMILES string of the molecule is CCCCC1=C(Br)C2(CCCC2)OP1(=O)OCC. The van der Waals surface area contributed by atoms with Gasteiger partial charge in [-0.3, -0.25) is 9.09 Å². The zero-order chi connectivity index (χ0) is 13.2. The Hall–Kier alpha value is 0.370. The minimum atomic E-state index is -3.05. The van der Waals surface area contributed by atoms with Gasteiger partial charge in [0.25, 0.3) is 0 Å². The quantitative estimate of drug-likeness (QED) is 0.634. The molecule has 0 aromatic heterocycles. The standard InChI is InChI=1S/C13H22BrO3P/c1-3-5-8-11-12(14)13(9-6-7-10-13)17-18(11,15)16-4-2/h3-10H2,1-2H3. The van der Waals surface area contributed by atoms with Crippen LogP contribution in [0.3, 0.4) is 0 Å². The van der Waals surface area contributed by atoms with Crippen LogP contribution >= 0.6 is 23.5 Å². The Morgan fingerprint density at radius 3 is 2.61 bits per heavy atom. The van der Waals surface area contributed by atoms with Crippen molar-refractivity contribution in [1.29, 1.82) is 0 Å². The largest absolute Gasteiger partial charge is 0.359 e. The molecule has 104 valence electrons. The van der Waals surface area contributed by atoms with Crippen LogP contribution in [0.25, 0.3) is 0 Å². The molecule has 0 bridgehead atoms. The molecule has 0 aromatic carbocycles. The molecular weight excluding hydrogens is 315 g/mol. The highest BCUT2D eigenvalue weighted by atomic mass is 79.9. The van der Waals surface area contributed by atoms with Crippen LogP contribution in [0, 0.1) is 0 Å². The van der Waals surface area contributed by atoms with Crippen LogP contribution in [0.2, 0.25) is 0 Å². The first-order valence-corrected chi connectivity index (χ1v) is 9.26. The van der Waals surface area contributed by atoms with Crippen molar-refractivity contribution in [1.82, 2.24) is 0 Å². The van der Waals surface area contributed by atoms with Crippen LogP contribution in [0.5, 0.6) is 0 Å². The lowest BCUT2D eigenvalue weighted by Gasteiger charge is -2.24. The molecule has 1 fully saturated rings. The highest BCUT2D eigenvalue weighted by Gasteiger charge is 2.53. The zero-order valence-electron chi connectivity index (χ0n) is 11.2. The zero-order valence-corrected chi connectivity index (χ0v) is 13.7. The molecule has 1 spiro atoms. The predicted octanol–water partition coefficient (Wildman–Crippen LogP) is 5.36. The fourth-order valence-corrected chi connectivity index (χ4v) is 6.55. The molecule has 5 heteroatoms. The molecule has 2 rings (SSSR count). The van der Waals surface area contributed by atoms with E-state index in [0.717, 1.165) is 54.7 Å². The van der Waals surface area contributed by atoms with Crippen molar-refractivity contribution in [2.45, 2.75) is 64.4 Å². The third-order valence-corrected chi connectivity index (χ3v) is 7.56. The van der Waals surface area contributed by atoms with Gasteiger partial charge in [-0.15, -0.1) is 0 Å². The topological polar surface area (TPSA) is 35.5 Å². The number of unbranched alkanes of at least 4 members (excludes halogenated alkanes) is 1. The highest BCUT2D eigenvalue weighted by molar-refractivity contribution is 9.11. The van der Waals surface area contributed by atoms with Crippen LogP contribution in [0.1, 0.15) is 58.8 Å². The van der Waals surface area contributed by atoms with E-state index in [4.69, 9.17) is 9.05 Å². The van der Waals surface area contributed by atoms with E-state index in [-0.39, 0.29) is 5.60 Å². The predicted molar refractivity (Wildman–Crippen MR) is 77.0 cm³/mol. The number of allylic oxidation sites excluding steroid dienone is 1. The van der Waals surface area contributed by atoms with Gasteiger partial charge in [0.2, 0.25) is 0 Å². The van der Waals surface area contributed by atoms with Crippen LogP contribution in [-0.2, 0) is 13.6 Å². The minimum absolute atomic E-state index is 0.340. The Balaban J connectivity index is 2.31. The van der Waals surface area contributed by atoms with E-state index in [2.05, 4.69) is 22.9 Å². The first-order chi connectivity index (χ1) is 8.58. The van der Waals surface area contributed by atoms with Gasteiger partial charge in [-0.25, -0.2) is 0 Å². The molecule has 18 heavy (non-hydrogen) atoms. The lowest BCUT2D eigenvalue weighted by atomic mass is 10.0. The Kier molecular flexibility index (Phi) is 4.75.